The molecule has 106 valence electrons. The van der Waals surface area contributed by atoms with Gasteiger partial charge in [-0.1, -0.05) is 65.7 Å². The summed E-state index contributed by atoms with van der Waals surface area (Å²) < 4.78 is 0. The SMILES string of the molecule is CNCC(Cc1ccccc1)Cc1cccc(Cl)c1Cl. The zero-order valence-electron chi connectivity index (χ0n) is 11.6. The van der Waals surface area contributed by atoms with Crippen LogP contribution in [-0.2, 0) is 12.8 Å². The lowest BCUT2D eigenvalue weighted by atomic mass is 9.92. The molecule has 0 bridgehead atoms. The summed E-state index contributed by atoms with van der Waals surface area (Å²) in [5.74, 6) is 0.498. The van der Waals surface area contributed by atoms with Gasteiger partial charge in [0.1, 0.15) is 0 Å². The Labute approximate surface area is 130 Å². The number of nitrogens with one attached hydrogen (secondary N) is 1. The average molecular weight is 308 g/mol. The molecule has 3 heteroatoms. The lowest BCUT2D eigenvalue weighted by Crippen LogP contribution is -2.23. The Morgan fingerprint density at radius 1 is 0.950 bits per heavy atom. The van der Waals surface area contributed by atoms with Crippen molar-refractivity contribution in [3.05, 3.63) is 69.7 Å². The lowest BCUT2D eigenvalue weighted by molar-refractivity contribution is 0.493. The third-order valence-electron chi connectivity index (χ3n) is 3.40. The van der Waals surface area contributed by atoms with E-state index in [-0.39, 0.29) is 0 Å². The molecule has 0 aliphatic rings. The van der Waals surface area contributed by atoms with E-state index in [9.17, 15) is 0 Å². The van der Waals surface area contributed by atoms with Gasteiger partial charge in [0, 0.05) is 0 Å². The fourth-order valence-corrected chi connectivity index (χ4v) is 2.87. The zero-order valence-corrected chi connectivity index (χ0v) is 13.1. The molecule has 1 unspecified atom stereocenters. The van der Waals surface area contributed by atoms with Crippen LogP contribution in [-0.4, -0.2) is 13.6 Å². The van der Waals surface area contributed by atoms with E-state index in [0.717, 1.165) is 24.9 Å². The summed E-state index contributed by atoms with van der Waals surface area (Å²) in [5, 5.41) is 4.58. The van der Waals surface area contributed by atoms with Crippen molar-refractivity contribution in [1.82, 2.24) is 5.32 Å². The fourth-order valence-electron chi connectivity index (χ4n) is 2.47. The Morgan fingerprint density at radius 3 is 2.40 bits per heavy atom. The minimum absolute atomic E-state index is 0.498. The molecule has 0 saturated carbocycles. The standard InChI is InChI=1S/C17H19Cl2N/c1-20-12-14(10-13-6-3-2-4-7-13)11-15-8-5-9-16(18)17(15)19/h2-9,14,20H,10-12H2,1H3. The van der Waals surface area contributed by atoms with Crippen molar-refractivity contribution in [2.24, 2.45) is 5.92 Å². The molecule has 20 heavy (non-hydrogen) atoms. The van der Waals surface area contributed by atoms with Crippen molar-refractivity contribution < 1.29 is 0 Å². The summed E-state index contributed by atoms with van der Waals surface area (Å²) >= 11 is 12.4. The Hall–Kier alpha value is -1.02. The molecule has 1 N–H and O–H groups in total. The highest BCUT2D eigenvalue weighted by molar-refractivity contribution is 6.42. The number of hydrogen-bond acceptors (Lipinski definition) is 1. The van der Waals surface area contributed by atoms with E-state index in [1.54, 1.807) is 0 Å². The summed E-state index contributed by atoms with van der Waals surface area (Å²) in [4.78, 5) is 0. The number of halogens is 2. The van der Waals surface area contributed by atoms with Crippen molar-refractivity contribution in [1.29, 1.82) is 0 Å². The average Bonchev–Trinajstić information content (AvgIpc) is 2.45. The maximum Gasteiger partial charge on any atom is 0.0624 e. The van der Waals surface area contributed by atoms with Gasteiger partial charge in [-0.2, -0.15) is 0 Å². The molecule has 2 aromatic carbocycles. The number of benzene rings is 2. The first-order chi connectivity index (χ1) is 9.70. The van der Waals surface area contributed by atoms with Crippen molar-refractivity contribution in [3.63, 3.8) is 0 Å². The maximum absolute atomic E-state index is 6.29. The third kappa shape index (κ3) is 4.24. The van der Waals surface area contributed by atoms with E-state index in [2.05, 4.69) is 35.6 Å². The van der Waals surface area contributed by atoms with Gasteiger partial charge in [-0.15, -0.1) is 0 Å². The Morgan fingerprint density at radius 2 is 1.70 bits per heavy atom. The summed E-state index contributed by atoms with van der Waals surface area (Å²) in [6, 6.07) is 16.4. The molecule has 0 amide bonds. The largest absolute Gasteiger partial charge is 0.319 e. The van der Waals surface area contributed by atoms with Crippen LogP contribution in [0.3, 0.4) is 0 Å². The lowest BCUT2D eigenvalue weighted by Gasteiger charge is -2.18. The predicted octanol–water partition coefficient (Wildman–Crippen LogP) is 4.61. The molecule has 0 heterocycles. The van der Waals surface area contributed by atoms with E-state index < -0.39 is 0 Å². The molecule has 0 saturated heterocycles. The smallest absolute Gasteiger partial charge is 0.0624 e. The van der Waals surface area contributed by atoms with E-state index in [0.29, 0.717) is 16.0 Å². The second-order valence-corrected chi connectivity index (χ2v) is 5.82. The highest BCUT2D eigenvalue weighted by atomic mass is 35.5. The fraction of sp³-hybridized carbons (Fsp3) is 0.294. The Kier molecular flexibility index (Phi) is 5.90. The molecule has 0 spiro atoms. The normalized spacial score (nSPS) is 12.3. The summed E-state index contributed by atoms with van der Waals surface area (Å²) in [5.41, 5.74) is 2.47. The van der Waals surface area contributed by atoms with Gasteiger partial charge < -0.3 is 5.32 Å². The van der Waals surface area contributed by atoms with Crippen LogP contribution in [0, 0.1) is 5.92 Å². The zero-order chi connectivity index (χ0) is 14.4. The van der Waals surface area contributed by atoms with Crippen molar-refractivity contribution >= 4 is 23.2 Å². The van der Waals surface area contributed by atoms with E-state index in [4.69, 9.17) is 23.2 Å². The first-order valence-corrected chi connectivity index (χ1v) is 7.57. The van der Waals surface area contributed by atoms with Crippen LogP contribution in [0.25, 0.3) is 0 Å². The van der Waals surface area contributed by atoms with E-state index in [1.165, 1.54) is 5.56 Å². The van der Waals surface area contributed by atoms with Crippen LogP contribution in [0.2, 0.25) is 10.0 Å². The van der Waals surface area contributed by atoms with E-state index >= 15 is 0 Å². The van der Waals surface area contributed by atoms with Crippen molar-refractivity contribution in [3.8, 4) is 0 Å². The van der Waals surface area contributed by atoms with Crippen LogP contribution in [0.1, 0.15) is 11.1 Å². The molecule has 0 aliphatic heterocycles. The second-order valence-electron chi connectivity index (χ2n) is 5.03. The first kappa shape index (κ1) is 15.4. The second kappa shape index (κ2) is 7.68. The monoisotopic (exact) mass is 307 g/mol. The number of rotatable bonds is 6. The van der Waals surface area contributed by atoms with Gasteiger partial charge in [-0.05, 0) is 49.5 Å². The van der Waals surface area contributed by atoms with Crippen LogP contribution >= 0.6 is 23.2 Å². The quantitative estimate of drug-likeness (QED) is 0.821. The van der Waals surface area contributed by atoms with Gasteiger partial charge in [-0.25, -0.2) is 0 Å². The van der Waals surface area contributed by atoms with Crippen LogP contribution in [0.4, 0.5) is 0 Å². The molecule has 0 aliphatic carbocycles. The minimum Gasteiger partial charge on any atom is -0.319 e. The van der Waals surface area contributed by atoms with Gasteiger partial charge in [-0.3, -0.25) is 0 Å². The molecule has 1 atom stereocenters. The third-order valence-corrected chi connectivity index (χ3v) is 4.26. The topological polar surface area (TPSA) is 12.0 Å². The molecule has 0 aromatic heterocycles. The molecule has 1 nitrogen and oxygen atoms in total. The molecule has 0 fully saturated rings. The van der Waals surface area contributed by atoms with Gasteiger partial charge in [0.25, 0.3) is 0 Å². The molecule has 2 aromatic rings. The number of hydrogen-bond donors (Lipinski definition) is 1. The Bertz CT molecular complexity index is 540. The summed E-state index contributed by atoms with van der Waals surface area (Å²) in [6.45, 7) is 0.956. The van der Waals surface area contributed by atoms with E-state index in [1.807, 2.05) is 25.2 Å². The Balaban J connectivity index is 2.11. The molecule has 2 rings (SSSR count). The predicted molar refractivity (Wildman–Crippen MR) is 87.7 cm³/mol. The van der Waals surface area contributed by atoms with Gasteiger partial charge in [0.05, 0.1) is 10.0 Å². The summed E-state index contributed by atoms with van der Waals surface area (Å²) in [7, 11) is 1.98. The highest BCUT2D eigenvalue weighted by Gasteiger charge is 2.13. The van der Waals surface area contributed by atoms with Crippen molar-refractivity contribution in [2.75, 3.05) is 13.6 Å². The highest BCUT2D eigenvalue weighted by Crippen LogP contribution is 2.28. The van der Waals surface area contributed by atoms with Gasteiger partial charge >= 0.3 is 0 Å². The minimum atomic E-state index is 0.498. The van der Waals surface area contributed by atoms with Gasteiger partial charge in [0.2, 0.25) is 0 Å². The molecule has 0 radical (unpaired) electrons. The molecular weight excluding hydrogens is 289 g/mol. The van der Waals surface area contributed by atoms with Gasteiger partial charge in [0.15, 0.2) is 0 Å². The van der Waals surface area contributed by atoms with Crippen LogP contribution in [0.15, 0.2) is 48.5 Å². The first-order valence-electron chi connectivity index (χ1n) is 6.82. The van der Waals surface area contributed by atoms with Crippen LogP contribution < -0.4 is 5.32 Å². The van der Waals surface area contributed by atoms with Crippen LogP contribution in [0.5, 0.6) is 0 Å². The summed E-state index contributed by atoms with van der Waals surface area (Å²) in [6.07, 6.45) is 1.96. The maximum atomic E-state index is 6.29. The van der Waals surface area contributed by atoms with Crippen molar-refractivity contribution in [2.45, 2.75) is 12.8 Å². The molecular formula is C17H19Cl2N.